The molecule has 23 heteroatoms. The van der Waals surface area contributed by atoms with Crippen LogP contribution < -0.4 is 20.3 Å². The highest BCUT2D eigenvalue weighted by molar-refractivity contribution is 9.10. The third-order valence-corrected chi connectivity index (χ3v) is 11.6. The summed E-state index contributed by atoms with van der Waals surface area (Å²) >= 11 is 10.0. The molecule has 0 saturated carbocycles. The number of hydrogen-bond acceptors (Lipinski definition) is 15. The van der Waals surface area contributed by atoms with Gasteiger partial charge in [-0.05, 0) is 40.5 Å². The zero-order chi connectivity index (χ0) is 43.1. The molecule has 4 N–H and O–H groups in total. The van der Waals surface area contributed by atoms with Crippen LogP contribution in [0.5, 0.6) is 5.88 Å². The van der Waals surface area contributed by atoms with Crippen molar-refractivity contribution in [3.05, 3.63) is 76.0 Å². The number of H-pyrrole nitrogens is 2. The molecule has 8 heterocycles. The first kappa shape index (κ1) is 40.9. The predicted molar refractivity (Wildman–Crippen MR) is 233 cm³/mol. The number of methoxy groups -OCH3 is 1. The van der Waals surface area contributed by atoms with Crippen molar-refractivity contribution in [3.8, 4) is 5.88 Å². The van der Waals surface area contributed by atoms with Crippen molar-refractivity contribution in [3.63, 3.8) is 0 Å². The monoisotopic (exact) mass is 928 g/mol. The number of imidazole rings is 1. The first-order chi connectivity index (χ1) is 30.0. The number of piperazine rings is 1. The van der Waals surface area contributed by atoms with Gasteiger partial charge in [-0.25, -0.2) is 9.78 Å². The van der Waals surface area contributed by atoms with Crippen molar-refractivity contribution in [2.75, 3.05) is 75.1 Å². The van der Waals surface area contributed by atoms with Gasteiger partial charge in [0.25, 0.3) is 5.91 Å². The van der Waals surface area contributed by atoms with Crippen molar-refractivity contribution >= 4 is 90.8 Å². The highest BCUT2D eigenvalue weighted by atomic mass is 79.9. The van der Waals surface area contributed by atoms with Gasteiger partial charge in [0.15, 0.2) is 5.65 Å². The molecule has 2 aliphatic rings. The topological polar surface area (TPSA) is 227 Å². The molecular weight excluding hydrogens is 888 g/mol. The maximum Gasteiger partial charge on any atom is 0.410 e. The highest BCUT2D eigenvalue weighted by Gasteiger charge is 2.37. The molecule has 2 saturated heterocycles. The number of carbonyl (C=O) groups excluding carboxylic acids is 2. The van der Waals surface area contributed by atoms with E-state index in [2.05, 4.69) is 74.3 Å². The van der Waals surface area contributed by atoms with Gasteiger partial charge in [0.2, 0.25) is 23.7 Å². The molecule has 2 atom stereocenters. The minimum absolute atomic E-state index is 0.141. The van der Waals surface area contributed by atoms with Crippen molar-refractivity contribution in [1.29, 1.82) is 0 Å². The number of fused-ring (bicyclic) bond motifs is 3. The summed E-state index contributed by atoms with van der Waals surface area (Å²) in [5.74, 6) is 1.75. The van der Waals surface area contributed by atoms with Crippen LogP contribution in [0.2, 0.25) is 5.02 Å². The average Bonchev–Trinajstić information content (AvgIpc) is 4.12. The van der Waals surface area contributed by atoms with Gasteiger partial charge in [0, 0.05) is 77.3 Å². The van der Waals surface area contributed by atoms with E-state index in [0.29, 0.717) is 95.5 Å². The lowest BCUT2D eigenvalue weighted by atomic mass is 10.1. The van der Waals surface area contributed by atoms with Crippen LogP contribution in [0.4, 0.5) is 28.3 Å². The Bertz CT molecular complexity index is 2810. The summed E-state index contributed by atoms with van der Waals surface area (Å²) in [5, 5.41) is 16.0. The summed E-state index contributed by atoms with van der Waals surface area (Å²) in [4.78, 5) is 61.7. The number of likely N-dealkylation sites (tertiary alicyclic amines) is 1. The highest BCUT2D eigenvalue weighted by Crippen LogP contribution is 2.33. The summed E-state index contributed by atoms with van der Waals surface area (Å²) in [6.45, 7) is 8.52. The van der Waals surface area contributed by atoms with E-state index in [1.165, 1.54) is 0 Å². The van der Waals surface area contributed by atoms with E-state index < -0.39 is 6.09 Å². The maximum atomic E-state index is 13.6. The largest absolute Gasteiger partial charge is 0.477 e. The molecule has 0 unspecified atom stereocenters. The molecule has 2 amide bonds. The Hall–Kier alpha value is -6.52. The molecule has 322 valence electrons. The molecule has 2 fully saturated rings. The molecule has 6 aromatic heterocycles. The fraction of sp³-hybridized carbons (Fsp3) is 0.359. The Morgan fingerprint density at radius 3 is 2.68 bits per heavy atom. The first-order valence-electron chi connectivity index (χ1n) is 19.7. The Kier molecular flexibility index (Phi) is 11.3. The molecule has 62 heavy (non-hydrogen) atoms. The molecule has 7 aromatic rings. The zero-order valence-electron chi connectivity index (χ0n) is 33.9. The van der Waals surface area contributed by atoms with Crippen molar-refractivity contribution in [1.82, 2.24) is 64.1 Å². The number of aromatic nitrogens is 11. The van der Waals surface area contributed by atoms with Gasteiger partial charge in [0.05, 0.1) is 63.3 Å². The number of hydrogen-bond donors (Lipinski definition) is 4. The normalized spacial score (nSPS) is 16.8. The van der Waals surface area contributed by atoms with E-state index >= 15 is 0 Å². The minimum Gasteiger partial charge on any atom is -0.477 e. The van der Waals surface area contributed by atoms with Crippen LogP contribution in [0, 0.1) is 12.8 Å². The van der Waals surface area contributed by atoms with Crippen molar-refractivity contribution in [2.45, 2.75) is 19.6 Å². The molecule has 0 bridgehead atoms. The summed E-state index contributed by atoms with van der Waals surface area (Å²) in [7, 11) is 3.40. The van der Waals surface area contributed by atoms with E-state index in [1.807, 2.05) is 31.0 Å². The number of aryl methyl sites for hydroxylation is 2. The second-order valence-corrected chi connectivity index (χ2v) is 16.3. The van der Waals surface area contributed by atoms with Crippen LogP contribution in [0.1, 0.15) is 11.4 Å². The SMILES string of the molecule is C=C(COC(=O)N1CCN(c2nc(NCc3nc4ccc(C)cc4[nH]3)n3ncc(Br)c3n2)CC1)C(=O)N1C[C@H](COc2nc(Nc3cnn(C)c3)nc3[nH]cc(Cl)c23)[C@@H](OC)C1. The van der Waals surface area contributed by atoms with Gasteiger partial charge < -0.3 is 49.5 Å². The first-order valence-corrected chi connectivity index (χ1v) is 20.9. The number of anilines is 4. The van der Waals surface area contributed by atoms with E-state index in [9.17, 15) is 9.59 Å². The van der Waals surface area contributed by atoms with Crippen LogP contribution in [-0.2, 0) is 27.9 Å². The second-order valence-electron chi connectivity index (χ2n) is 15.1. The van der Waals surface area contributed by atoms with Gasteiger partial charge in [-0.15, -0.1) is 0 Å². The van der Waals surface area contributed by atoms with Crippen LogP contribution >= 0.6 is 27.5 Å². The van der Waals surface area contributed by atoms with Gasteiger partial charge in [-0.2, -0.15) is 34.6 Å². The number of nitrogens with one attached hydrogen (secondary N) is 4. The van der Waals surface area contributed by atoms with Crippen LogP contribution in [-0.4, -0.2) is 142 Å². The molecule has 21 nitrogen and oxygen atoms in total. The molecule has 2 aliphatic heterocycles. The van der Waals surface area contributed by atoms with Gasteiger partial charge in [0.1, 0.15) is 18.1 Å². The van der Waals surface area contributed by atoms with Crippen LogP contribution in [0.25, 0.3) is 27.7 Å². The lowest BCUT2D eigenvalue weighted by molar-refractivity contribution is -0.127. The Balaban J connectivity index is 0.772. The standard InChI is InChI=1S/C39H42BrClN16O5/c1-21-5-6-27-28(11-21)48-30(47-27)15-43-37-52-38(50-33-25(40)13-45-57(33)37)54-7-9-55(10-8-54)39(59)62-19-22(2)35(58)56-16-23(29(18-56)60-4)20-61-34-31-26(41)14-42-32(31)49-36(51-34)46-24-12-44-53(3)17-24/h5-6,11-14,17,23,29H,2,7-10,15-16,18-20H2,1,3-4H3,(H,47,48)(H,43,50,52)(H2,42,46,49,51)/t23-,29+/m1/s1. The fourth-order valence-corrected chi connectivity index (χ4v) is 8.07. The number of halogens is 2. The summed E-state index contributed by atoms with van der Waals surface area (Å²) < 4.78 is 21.6. The van der Waals surface area contributed by atoms with E-state index in [4.69, 9.17) is 35.8 Å². The molecule has 1 aromatic carbocycles. The Morgan fingerprint density at radius 2 is 1.89 bits per heavy atom. The number of amides is 2. The summed E-state index contributed by atoms with van der Waals surface area (Å²) in [6, 6.07) is 6.07. The zero-order valence-corrected chi connectivity index (χ0v) is 36.3. The number of ether oxygens (including phenoxy) is 3. The molecule has 0 spiro atoms. The number of aromatic amines is 2. The second kappa shape index (κ2) is 17.1. The number of rotatable bonds is 13. The van der Waals surface area contributed by atoms with E-state index in [1.54, 1.807) is 50.9 Å². The van der Waals surface area contributed by atoms with E-state index in [-0.39, 0.29) is 42.6 Å². The minimum atomic E-state index is -0.545. The molecule has 0 radical (unpaired) electrons. The fourth-order valence-electron chi connectivity index (χ4n) is 7.49. The number of benzene rings is 1. The summed E-state index contributed by atoms with van der Waals surface area (Å²) in [6.07, 6.45) is 5.85. The smallest absolute Gasteiger partial charge is 0.410 e. The molecular formula is C39H42BrClN16O5. The number of carbonyl (C=O) groups is 2. The lowest BCUT2D eigenvalue weighted by Crippen LogP contribution is -2.49. The van der Waals surface area contributed by atoms with Crippen molar-refractivity contribution < 1.29 is 23.8 Å². The molecule has 9 rings (SSSR count). The Labute approximate surface area is 366 Å². The van der Waals surface area contributed by atoms with Gasteiger partial charge in [-0.3, -0.25) is 9.48 Å². The average molecular weight is 930 g/mol. The lowest BCUT2D eigenvalue weighted by Gasteiger charge is -2.34. The van der Waals surface area contributed by atoms with Gasteiger partial charge >= 0.3 is 6.09 Å². The predicted octanol–water partition coefficient (Wildman–Crippen LogP) is 4.45. The third-order valence-electron chi connectivity index (χ3n) is 10.7. The maximum absolute atomic E-state index is 13.6. The quantitative estimate of drug-likeness (QED) is 0.117. The number of nitrogens with zero attached hydrogens (tertiary/aromatic N) is 12. The third kappa shape index (κ3) is 8.39. The Morgan fingerprint density at radius 1 is 1.05 bits per heavy atom. The molecule has 0 aliphatic carbocycles. The van der Waals surface area contributed by atoms with Gasteiger partial charge in [-0.1, -0.05) is 24.2 Å². The summed E-state index contributed by atoms with van der Waals surface area (Å²) in [5.41, 5.74) is 4.91. The van der Waals surface area contributed by atoms with Crippen LogP contribution in [0.15, 0.2) is 59.6 Å². The van der Waals surface area contributed by atoms with Crippen molar-refractivity contribution in [2.24, 2.45) is 13.0 Å². The van der Waals surface area contributed by atoms with Crippen LogP contribution in [0.3, 0.4) is 0 Å². The van der Waals surface area contributed by atoms with E-state index in [0.717, 1.165) is 22.4 Å².